The van der Waals surface area contributed by atoms with Crippen molar-refractivity contribution in [3.63, 3.8) is 0 Å². The van der Waals surface area contributed by atoms with Crippen LogP contribution in [0.15, 0.2) is 12.1 Å². The molecule has 1 aromatic rings. The van der Waals surface area contributed by atoms with Crippen LogP contribution in [0.1, 0.15) is 41.8 Å². The van der Waals surface area contributed by atoms with Crippen molar-refractivity contribution < 1.29 is 23.8 Å². The molecule has 1 unspecified atom stereocenters. The summed E-state index contributed by atoms with van der Waals surface area (Å²) in [5.41, 5.74) is 1.18. The van der Waals surface area contributed by atoms with Crippen molar-refractivity contribution in [3.05, 3.63) is 34.6 Å². The van der Waals surface area contributed by atoms with Gasteiger partial charge in [0.25, 0.3) is 5.91 Å². The second kappa shape index (κ2) is 9.37. The van der Waals surface area contributed by atoms with Gasteiger partial charge in [0.1, 0.15) is 5.82 Å². The molecule has 0 saturated heterocycles. The monoisotopic (exact) mass is 339 g/mol. The Kier molecular flexibility index (Phi) is 7.85. The molecule has 0 aliphatic heterocycles. The fraction of sp³-hybridized carbons (Fsp3) is 0.556. The van der Waals surface area contributed by atoms with E-state index in [2.05, 4.69) is 0 Å². The topological polar surface area (TPSA) is 66.8 Å². The minimum absolute atomic E-state index is 0.107. The van der Waals surface area contributed by atoms with Crippen LogP contribution in [0.25, 0.3) is 0 Å². The average Bonchev–Trinajstić information content (AvgIpc) is 2.53. The van der Waals surface area contributed by atoms with Crippen LogP contribution < -0.4 is 0 Å². The molecular formula is C18H26FNO4. The number of benzene rings is 1. The van der Waals surface area contributed by atoms with E-state index >= 15 is 0 Å². The summed E-state index contributed by atoms with van der Waals surface area (Å²) >= 11 is 0. The van der Waals surface area contributed by atoms with E-state index in [1.807, 2.05) is 6.92 Å². The van der Waals surface area contributed by atoms with Crippen LogP contribution in [0.4, 0.5) is 4.39 Å². The predicted octanol–water partition coefficient (Wildman–Crippen LogP) is 3.03. The van der Waals surface area contributed by atoms with Gasteiger partial charge < -0.3 is 14.7 Å². The van der Waals surface area contributed by atoms with Crippen molar-refractivity contribution >= 4 is 11.9 Å². The second-order valence-electron chi connectivity index (χ2n) is 5.96. The second-order valence-corrected chi connectivity index (χ2v) is 5.96. The number of ether oxygens (including phenoxy) is 1. The summed E-state index contributed by atoms with van der Waals surface area (Å²) in [5, 5.41) is 9.11. The number of hydrogen-bond acceptors (Lipinski definition) is 3. The molecule has 0 aromatic heterocycles. The lowest BCUT2D eigenvalue weighted by Crippen LogP contribution is -2.38. The third-order valence-corrected chi connectivity index (χ3v) is 3.81. The van der Waals surface area contributed by atoms with E-state index in [0.717, 1.165) is 0 Å². The maximum atomic E-state index is 13.8. The molecule has 1 aromatic carbocycles. The number of aliphatic carboxylic acids is 1. The van der Waals surface area contributed by atoms with Crippen LogP contribution in [0.5, 0.6) is 0 Å². The number of carbonyl (C=O) groups excluding carboxylic acids is 1. The highest BCUT2D eigenvalue weighted by atomic mass is 19.1. The Morgan fingerprint density at radius 1 is 1.29 bits per heavy atom. The van der Waals surface area contributed by atoms with Crippen LogP contribution in [-0.2, 0) is 9.53 Å². The number of aryl methyl sites for hydroxylation is 2. The van der Waals surface area contributed by atoms with E-state index in [1.165, 1.54) is 17.0 Å². The fourth-order valence-electron chi connectivity index (χ4n) is 2.44. The molecule has 134 valence electrons. The van der Waals surface area contributed by atoms with E-state index in [-0.39, 0.29) is 18.3 Å². The Labute approximate surface area is 142 Å². The number of halogens is 1. The van der Waals surface area contributed by atoms with Crippen molar-refractivity contribution in [2.45, 2.75) is 34.1 Å². The Bertz CT molecular complexity index is 565. The molecule has 1 N–H and O–H groups in total. The largest absolute Gasteiger partial charge is 0.481 e. The molecule has 0 saturated carbocycles. The Morgan fingerprint density at radius 3 is 2.38 bits per heavy atom. The molecule has 0 bridgehead atoms. The van der Waals surface area contributed by atoms with Gasteiger partial charge in [-0.25, -0.2) is 4.39 Å². The summed E-state index contributed by atoms with van der Waals surface area (Å²) in [4.78, 5) is 25.4. The standard InChI is InChI=1S/C18H26FNO4/c1-5-24-8-6-7-20(11-14(4)18(22)23)17(21)15-9-12(2)16(19)13(3)10-15/h9-10,14H,5-8,11H2,1-4H3,(H,22,23). The number of nitrogens with zero attached hydrogens (tertiary/aromatic N) is 1. The van der Waals surface area contributed by atoms with Gasteiger partial charge in [0.05, 0.1) is 5.92 Å². The lowest BCUT2D eigenvalue weighted by molar-refractivity contribution is -0.141. The minimum Gasteiger partial charge on any atom is -0.481 e. The van der Waals surface area contributed by atoms with Crippen LogP contribution in [0.3, 0.4) is 0 Å². The molecule has 0 fully saturated rings. The van der Waals surface area contributed by atoms with E-state index in [0.29, 0.717) is 42.9 Å². The molecule has 0 heterocycles. The lowest BCUT2D eigenvalue weighted by Gasteiger charge is -2.25. The number of carbonyl (C=O) groups is 2. The Balaban J connectivity index is 2.94. The minimum atomic E-state index is -0.955. The smallest absolute Gasteiger partial charge is 0.308 e. The van der Waals surface area contributed by atoms with Gasteiger partial charge in [0.15, 0.2) is 0 Å². The third kappa shape index (κ3) is 5.60. The summed E-state index contributed by atoms with van der Waals surface area (Å²) in [6.45, 7) is 8.27. The summed E-state index contributed by atoms with van der Waals surface area (Å²) in [5.74, 6) is -2.24. The maximum Gasteiger partial charge on any atom is 0.308 e. The van der Waals surface area contributed by atoms with Gasteiger partial charge in [-0.2, -0.15) is 0 Å². The number of rotatable bonds is 9. The molecule has 1 amide bonds. The fourth-order valence-corrected chi connectivity index (χ4v) is 2.44. The van der Waals surface area contributed by atoms with Crippen molar-refractivity contribution in [1.29, 1.82) is 0 Å². The van der Waals surface area contributed by atoms with Gasteiger partial charge in [-0.1, -0.05) is 6.92 Å². The normalized spacial score (nSPS) is 12.0. The molecule has 0 spiro atoms. The first kappa shape index (κ1) is 20.1. The SMILES string of the molecule is CCOCCCN(CC(C)C(=O)O)C(=O)c1cc(C)c(F)c(C)c1. The first-order valence-corrected chi connectivity index (χ1v) is 8.14. The summed E-state index contributed by atoms with van der Waals surface area (Å²) in [7, 11) is 0. The van der Waals surface area contributed by atoms with Gasteiger partial charge in [-0.3, -0.25) is 9.59 Å². The lowest BCUT2D eigenvalue weighted by atomic mass is 10.0. The van der Waals surface area contributed by atoms with Gasteiger partial charge in [0, 0.05) is 31.9 Å². The zero-order valence-electron chi connectivity index (χ0n) is 14.8. The van der Waals surface area contributed by atoms with E-state index in [4.69, 9.17) is 9.84 Å². The first-order valence-electron chi connectivity index (χ1n) is 8.14. The number of amides is 1. The van der Waals surface area contributed by atoms with Crippen molar-refractivity contribution in [3.8, 4) is 0 Å². The van der Waals surface area contributed by atoms with E-state index < -0.39 is 11.9 Å². The quantitative estimate of drug-likeness (QED) is 0.702. The number of carboxylic acid groups (broad SMARTS) is 1. The number of hydrogen-bond donors (Lipinski definition) is 1. The van der Waals surface area contributed by atoms with E-state index in [9.17, 15) is 14.0 Å². The summed E-state index contributed by atoms with van der Waals surface area (Å²) in [6.07, 6.45) is 0.616. The van der Waals surface area contributed by atoms with Gasteiger partial charge in [-0.15, -0.1) is 0 Å². The highest BCUT2D eigenvalue weighted by Gasteiger charge is 2.22. The molecule has 0 aliphatic rings. The Morgan fingerprint density at radius 2 is 1.88 bits per heavy atom. The molecule has 0 aliphatic carbocycles. The van der Waals surface area contributed by atoms with Crippen molar-refractivity contribution in [1.82, 2.24) is 4.90 Å². The zero-order chi connectivity index (χ0) is 18.3. The highest BCUT2D eigenvalue weighted by Crippen LogP contribution is 2.17. The van der Waals surface area contributed by atoms with Crippen LogP contribution >= 0.6 is 0 Å². The summed E-state index contributed by atoms with van der Waals surface area (Å²) in [6, 6.07) is 3.01. The van der Waals surface area contributed by atoms with Crippen LogP contribution in [-0.4, -0.2) is 48.2 Å². The van der Waals surface area contributed by atoms with Crippen LogP contribution in [0.2, 0.25) is 0 Å². The highest BCUT2D eigenvalue weighted by molar-refractivity contribution is 5.95. The van der Waals surface area contributed by atoms with E-state index in [1.54, 1.807) is 20.8 Å². The third-order valence-electron chi connectivity index (χ3n) is 3.81. The molecule has 0 radical (unpaired) electrons. The maximum absolute atomic E-state index is 13.8. The van der Waals surface area contributed by atoms with Crippen molar-refractivity contribution in [2.75, 3.05) is 26.3 Å². The number of carboxylic acids is 1. The first-order chi connectivity index (χ1) is 11.3. The van der Waals surface area contributed by atoms with Gasteiger partial charge in [0.2, 0.25) is 0 Å². The molecule has 24 heavy (non-hydrogen) atoms. The van der Waals surface area contributed by atoms with Gasteiger partial charge in [-0.05, 0) is 50.5 Å². The van der Waals surface area contributed by atoms with Gasteiger partial charge >= 0.3 is 5.97 Å². The van der Waals surface area contributed by atoms with Crippen molar-refractivity contribution in [2.24, 2.45) is 5.92 Å². The zero-order valence-corrected chi connectivity index (χ0v) is 14.8. The molecular weight excluding hydrogens is 313 g/mol. The Hall–Kier alpha value is -1.95. The molecule has 6 heteroatoms. The van der Waals surface area contributed by atoms with Crippen LogP contribution in [0, 0.1) is 25.6 Å². The molecule has 1 rings (SSSR count). The molecule has 5 nitrogen and oxygen atoms in total. The summed E-state index contributed by atoms with van der Waals surface area (Å²) < 4.78 is 19.0. The average molecular weight is 339 g/mol. The molecule has 1 atom stereocenters. The predicted molar refractivity (Wildman–Crippen MR) is 89.7 cm³/mol.